The molecule has 0 bridgehead atoms. The molecule has 0 aliphatic carbocycles. The highest BCUT2D eigenvalue weighted by atomic mass is 127. The summed E-state index contributed by atoms with van der Waals surface area (Å²) in [7, 11) is 0. The number of carbonyl (C=O) groups is 1. The molecule has 0 saturated heterocycles. The molecule has 0 atom stereocenters. The fourth-order valence-electron chi connectivity index (χ4n) is 4.32. The van der Waals surface area contributed by atoms with Crippen LogP contribution in [0.3, 0.4) is 0 Å². The molecule has 4 aromatic rings. The van der Waals surface area contributed by atoms with Crippen molar-refractivity contribution in [2.75, 3.05) is 11.9 Å². The Kier molecular flexibility index (Phi) is 6.85. The first-order valence-electron chi connectivity index (χ1n) is 11.5. The molecule has 4 nitrogen and oxygen atoms in total. The molecule has 5 rings (SSSR count). The van der Waals surface area contributed by atoms with Gasteiger partial charge in [-0.25, -0.2) is 0 Å². The lowest BCUT2D eigenvalue weighted by molar-refractivity contribution is -0.137. The molecule has 8 heteroatoms. The molecule has 0 unspecified atom stereocenters. The average molecular weight is 615 g/mol. The van der Waals surface area contributed by atoms with Gasteiger partial charge in [0, 0.05) is 16.8 Å². The van der Waals surface area contributed by atoms with Crippen molar-refractivity contribution < 1.29 is 27.4 Å². The van der Waals surface area contributed by atoms with Crippen LogP contribution in [0.4, 0.5) is 18.9 Å². The highest BCUT2D eigenvalue weighted by molar-refractivity contribution is 14.1. The summed E-state index contributed by atoms with van der Waals surface area (Å²) in [6.07, 6.45) is -2.84. The number of anilines is 1. The number of hydrogen-bond donors (Lipinski definition) is 1. The predicted molar refractivity (Wildman–Crippen MR) is 147 cm³/mol. The Hall–Kier alpha value is -3.53. The van der Waals surface area contributed by atoms with Gasteiger partial charge in [-0.1, -0.05) is 48.5 Å². The molecule has 1 amide bonds. The highest BCUT2D eigenvalue weighted by Gasteiger charge is 2.33. The van der Waals surface area contributed by atoms with Crippen molar-refractivity contribution in [2.24, 2.45) is 0 Å². The second-order valence-electron chi connectivity index (χ2n) is 8.46. The third-order valence-electron chi connectivity index (χ3n) is 6.02. The zero-order chi connectivity index (χ0) is 26.2. The van der Waals surface area contributed by atoms with Gasteiger partial charge in [0.05, 0.1) is 15.7 Å². The van der Waals surface area contributed by atoms with Crippen molar-refractivity contribution in [3.05, 3.63) is 98.6 Å². The summed E-state index contributed by atoms with van der Waals surface area (Å²) < 4.78 is 52.1. The van der Waals surface area contributed by atoms with Gasteiger partial charge in [0.25, 0.3) is 5.91 Å². The van der Waals surface area contributed by atoms with Crippen LogP contribution in [-0.2, 0) is 17.6 Å². The van der Waals surface area contributed by atoms with Gasteiger partial charge in [0.15, 0.2) is 11.5 Å². The summed E-state index contributed by atoms with van der Waals surface area (Å²) in [5, 5.41) is 4.77. The van der Waals surface area contributed by atoms with Gasteiger partial charge in [-0.15, -0.1) is 0 Å². The molecule has 0 fully saturated rings. The van der Waals surface area contributed by atoms with Gasteiger partial charge >= 0.3 is 6.18 Å². The van der Waals surface area contributed by atoms with Gasteiger partial charge in [0.2, 0.25) is 0 Å². The van der Waals surface area contributed by atoms with Crippen molar-refractivity contribution in [3.63, 3.8) is 0 Å². The molecular weight excluding hydrogens is 594 g/mol. The van der Waals surface area contributed by atoms with Crippen molar-refractivity contribution in [1.29, 1.82) is 0 Å². The van der Waals surface area contributed by atoms with E-state index < -0.39 is 17.6 Å². The van der Waals surface area contributed by atoms with E-state index in [0.717, 1.165) is 32.0 Å². The lowest BCUT2D eigenvalue weighted by Crippen LogP contribution is -2.06. The van der Waals surface area contributed by atoms with E-state index >= 15 is 0 Å². The number of alkyl halides is 3. The monoisotopic (exact) mass is 615 g/mol. The molecule has 37 heavy (non-hydrogen) atoms. The lowest BCUT2D eigenvalue weighted by atomic mass is 10.0. The summed E-state index contributed by atoms with van der Waals surface area (Å²) in [5.41, 5.74) is 1.74. The van der Waals surface area contributed by atoms with Crippen LogP contribution in [0.5, 0.6) is 11.5 Å². The summed E-state index contributed by atoms with van der Waals surface area (Å²) in [6, 6.07) is 21.0. The Morgan fingerprint density at radius 2 is 1.76 bits per heavy atom. The van der Waals surface area contributed by atoms with E-state index in [0.29, 0.717) is 35.8 Å². The number of fused-ring (bicyclic) bond motifs is 2. The molecular formula is C29H21F3INO3. The Labute approximate surface area is 225 Å². The van der Waals surface area contributed by atoms with Crippen molar-refractivity contribution in [2.45, 2.75) is 19.7 Å². The summed E-state index contributed by atoms with van der Waals surface area (Å²) in [4.78, 5) is 12.6. The van der Waals surface area contributed by atoms with Crippen LogP contribution in [0, 0.1) is 3.57 Å². The second-order valence-corrected chi connectivity index (χ2v) is 9.62. The van der Waals surface area contributed by atoms with Crippen LogP contribution in [0.1, 0.15) is 29.2 Å². The molecule has 188 valence electrons. The van der Waals surface area contributed by atoms with E-state index in [1.165, 1.54) is 6.07 Å². The van der Waals surface area contributed by atoms with Crippen LogP contribution in [-0.4, -0.2) is 12.5 Å². The maximum absolute atomic E-state index is 13.1. The van der Waals surface area contributed by atoms with Gasteiger partial charge in [-0.3, -0.25) is 4.79 Å². The Balaban J connectivity index is 1.47. The lowest BCUT2D eigenvalue weighted by Gasteiger charge is -2.16. The molecule has 0 saturated carbocycles. The molecule has 0 aromatic heterocycles. The van der Waals surface area contributed by atoms with Crippen molar-refractivity contribution >= 4 is 56.6 Å². The standard InChI is InChI=1S/C29H21F3INO3/c1-2-36-26-14-17(12-23-22-11-10-20(29(30,31)32)15-25(22)34-28(23)35)13-24(33)27(26)37-16-19-8-5-7-18-6-3-4-9-21(18)19/h3-15H,2,16H2,1H3,(H,34,35)/b23-12-. The van der Waals surface area contributed by atoms with Gasteiger partial charge in [-0.2, -0.15) is 13.2 Å². The van der Waals surface area contributed by atoms with Crippen LogP contribution in [0.25, 0.3) is 22.4 Å². The number of halogens is 4. The first kappa shape index (κ1) is 25.1. The highest BCUT2D eigenvalue weighted by Crippen LogP contribution is 2.40. The van der Waals surface area contributed by atoms with Crippen LogP contribution in [0.15, 0.2) is 72.8 Å². The van der Waals surface area contributed by atoms with Gasteiger partial charge in [0.1, 0.15) is 6.61 Å². The largest absolute Gasteiger partial charge is 0.490 e. The fraction of sp³-hybridized carbons (Fsp3) is 0.138. The average Bonchev–Trinajstić information content (AvgIpc) is 3.17. The van der Waals surface area contributed by atoms with E-state index in [1.54, 1.807) is 12.1 Å². The van der Waals surface area contributed by atoms with Gasteiger partial charge in [-0.05, 0) is 81.8 Å². The molecule has 1 N–H and O–H groups in total. The number of hydrogen-bond acceptors (Lipinski definition) is 3. The van der Waals surface area contributed by atoms with E-state index in [4.69, 9.17) is 9.47 Å². The minimum absolute atomic E-state index is 0.140. The fourth-order valence-corrected chi connectivity index (χ4v) is 5.10. The predicted octanol–water partition coefficient (Wildman–Crippen LogP) is 7.93. The van der Waals surface area contributed by atoms with E-state index in [2.05, 4.69) is 46.1 Å². The molecule has 0 radical (unpaired) electrons. The maximum Gasteiger partial charge on any atom is 0.416 e. The number of amides is 1. The Morgan fingerprint density at radius 3 is 2.54 bits per heavy atom. The SMILES string of the molecule is CCOc1cc(/C=C2\C(=O)Nc3cc(C(F)(F)F)ccc32)cc(I)c1OCc1cccc2ccccc12. The van der Waals surface area contributed by atoms with Crippen molar-refractivity contribution in [3.8, 4) is 11.5 Å². The molecule has 1 aliphatic rings. The third kappa shape index (κ3) is 5.16. The number of ether oxygens (including phenoxy) is 2. The number of carbonyl (C=O) groups excluding carboxylic acids is 1. The first-order valence-corrected chi connectivity index (χ1v) is 12.6. The molecule has 1 heterocycles. The number of nitrogens with one attached hydrogen (secondary N) is 1. The van der Waals surface area contributed by atoms with E-state index in [-0.39, 0.29) is 11.3 Å². The summed E-state index contributed by atoms with van der Waals surface area (Å²) in [5.74, 6) is 0.648. The summed E-state index contributed by atoms with van der Waals surface area (Å²) in [6.45, 7) is 2.62. The van der Waals surface area contributed by atoms with Crippen LogP contribution < -0.4 is 14.8 Å². The van der Waals surface area contributed by atoms with Crippen LogP contribution in [0.2, 0.25) is 0 Å². The minimum Gasteiger partial charge on any atom is -0.490 e. The van der Waals surface area contributed by atoms with Crippen LogP contribution >= 0.6 is 22.6 Å². The topological polar surface area (TPSA) is 47.6 Å². The smallest absolute Gasteiger partial charge is 0.416 e. The zero-order valence-electron chi connectivity index (χ0n) is 19.7. The Morgan fingerprint density at radius 1 is 0.973 bits per heavy atom. The van der Waals surface area contributed by atoms with Crippen molar-refractivity contribution in [1.82, 2.24) is 0 Å². The minimum atomic E-state index is -4.49. The quantitative estimate of drug-likeness (QED) is 0.177. The third-order valence-corrected chi connectivity index (χ3v) is 6.83. The summed E-state index contributed by atoms with van der Waals surface area (Å²) >= 11 is 2.16. The molecule has 1 aliphatic heterocycles. The molecule has 4 aromatic carbocycles. The second kappa shape index (κ2) is 10.1. The van der Waals surface area contributed by atoms with E-state index in [1.807, 2.05) is 37.3 Å². The maximum atomic E-state index is 13.1. The number of rotatable bonds is 6. The molecule has 0 spiro atoms. The Bertz CT molecular complexity index is 1540. The first-order chi connectivity index (χ1) is 17.7. The normalized spacial score (nSPS) is 14.1. The number of benzene rings is 4. The van der Waals surface area contributed by atoms with E-state index in [9.17, 15) is 18.0 Å². The zero-order valence-corrected chi connectivity index (χ0v) is 21.8. The van der Waals surface area contributed by atoms with Gasteiger partial charge < -0.3 is 14.8 Å².